The molecular weight excluding hydrogens is 336 g/mol. The molecule has 6 heteroatoms. The van der Waals surface area contributed by atoms with E-state index in [-0.39, 0.29) is 23.5 Å². The standard InChI is InChI=1S/C19H16N2O3S/c22-17-15-8-4-5-9-16(15)20-19(21(17)14-10-11-14)25-12-24-18(23)13-6-2-1-3-7-13/h1-9,14H,10-12H2. The first kappa shape index (κ1) is 15.9. The predicted octanol–water partition coefficient (Wildman–Crippen LogP) is 3.64. The van der Waals surface area contributed by atoms with E-state index >= 15 is 0 Å². The summed E-state index contributed by atoms with van der Waals surface area (Å²) in [4.78, 5) is 29.4. The Labute approximate surface area is 148 Å². The fourth-order valence-electron chi connectivity index (χ4n) is 2.68. The highest BCUT2D eigenvalue weighted by molar-refractivity contribution is 7.99. The Hall–Kier alpha value is -2.60. The molecule has 0 aliphatic heterocycles. The lowest BCUT2D eigenvalue weighted by Crippen LogP contribution is -2.22. The molecule has 1 heterocycles. The Morgan fingerprint density at radius 1 is 1.12 bits per heavy atom. The first-order valence-electron chi connectivity index (χ1n) is 8.10. The molecule has 25 heavy (non-hydrogen) atoms. The van der Waals surface area contributed by atoms with Gasteiger partial charge in [0.25, 0.3) is 5.56 Å². The molecule has 1 aliphatic rings. The molecule has 0 amide bonds. The maximum absolute atomic E-state index is 12.8. The van der Waals surface area contributed by atoms with E-state index in [1.54, 1.807) is 34.9 Å². The number of para-hydroxylation sites is 1. The van der Waals surface area contributed by atoms with Crippen LogP contribution in [0.25, 0.3) is 10.9 Å². The monoisotopic (exact) mass is 352 g/mol. The quantitative estimate of drug-likeness (QED) is 0.304. The molecule has 0 bridgehead atoms. The zero-order valence-corrected chi connectivity index (χ0v) is 14.2. The Morgan fingerprint density at radius 2 is 1.84 bits per heavy atom. The van der Waals surface area contributed by atoms with E-state index in [2.05, 4.69) is 4.98 Å². The van der Waals surface area contributed by atoms with Gasteiger partial charge in [-0.25, -0.2) is 9.78 Å². The van der Waals surface area contributed by atoms with Crippen LogP contribution in [0.5, 0.6) is 0 Å². The summed E-state index contributed by atoms with van der Waals surface area (Å²) in [5.41, 5.74) is 1.15. The molecule has 0 radical (unpaired) electrons. The normalized spacial score (nSPS) is 13.8. The summed E-state index contributed by atoms with van der Waals surface area (Å²) in [6.07, 6.45) is 1.97. The number of hydrogen-bond acceptors (Lipinski definition) is 5. The Balaban J connectivity index is 1.56. The van der Waals surface area contributed by atoms with Crippen LogP contribution < -0.4 is 5.56 Å². The van der Waals surface area contributed by atoms with Gasteiger partial charge in [0, 0.05) is 6.04 Å². The van der Waals surface area contributed by atoms with E-state index in [0.717, 1.165) is 12.8 Å². The van der Waals surface area contributed by atoms with E-state index in [1.165, 1.54) is 11.8 Å². The topological polar surface area (TPSA) is 61.2 Å². The molecule has 0 spiro atoms. The van der Waals surface area contributed by atoms with Gasteiger partial charge in [-0.15, -0.1) is 0 Å². The van der Waals surface area contributed by atoms with Crippen LogP contribution in [-0.4, -0.2) is 21.5 Å². The zero-order valence-electron chi connectivity index (χ0n) is 13.4. The summed E-state index contributed by atoms with van der Waals surface area (Å²) >= 11 is 1.28. The SMILES string of the molecule is O=C(OCSc1nc2ccccc2c(=O)n1C1CC1)c1ccccc1. The largest absolute Gasteiger partial charge is 0.451 e. The average molecular weight is 352 g/mol. The number of carbonyl (C=O) groups is 1. The van der Waals surface area contributed by atoms with Crippen molar-refractivity contribution in [3.05, 3.63) is 70.5 Å². The Morgan fingerprint density at radius 3 is 2.60 bits per heavy atom. The third-order valence-corrected chi connectivity index (χ3v) is 4.86. The number of fused-ring (bicyclic) bond motifs is 1. The highest BCUT2D eigenvalue weighted by atomic mass is 32.2. The number of carbonyl (C=O) groups excluding carboxylic acids is 1. The number of nitrogens with zero attached hydrogens (tertiary/aromatic N) is 2. The number of hydrogen-bond donors (Lipinski definition) is 0. The lowest BCUT2D eigenvalue weighted by Gasteiger charge is -2.12. The Bertz CT molecular complexity index is 981. The third kappa shape index (κ3) is 3.30. The minimum Gasteiger partial charge on any atom is -0.451 e. The van der Waals surface area contributed by atoms with Crippen molar-refractivity contribution < 1.29 is 9.53 Å². The number of esters is 1. The van der Waals surface area contributed by atoms with Crippen LogP contribution in [0.2, 0.25) is 0 Å². The molecule has 1 saturated carbocycles. The van der Waals surface area contributed by atoms with Crippen molar-refractivity contribution in [1.29, 1.82) is 0 Å². The lowest BCUT2D eigenvalue weighted by atomic mass is 10.2. The van der Waals surface area contributed by atoms with Crippen molar-refractivity contribution in [2.24, 2.45) is 0 Å². The molecular formula is C19H16N2O3S. The number of rotatable bonds is 5. The van der Waals surface area contributed by atoms with Crippen molar-refractivity contribution in [3.63, 3.8) is 0 Å². The lowest BCUT2D eigenvalue weighted by molar-refractivity contribution is 0.0579. The van der Waals surface area contributed by atoms with E-state index in [9.17, 15) is 9.59 Å². The van der Waals surface area contributed by atoms with Gasteiger partial charge in [0.15, 0.2) is 5.16 Å². The maximum Gasteiger partial charge on any atom is 0.338 e. The van der Waals surface area contributed by atoms with Gasteiger partial charge in [-0.2, -0.15) is 0 Å². The van der Waals surface area contributed by atoms with Gasteiger partial charge in [-0.1, -0.05) is 30.3 Å². The number of thioether (sulfide) groups is 1. The van der Waals surface area contributed by atoms with E-state index in [0.29, 0.717) is 21.6 Å². The maximum atomic E-state index is 12.8. The van der Waals surface area contributed by atoms with E-state index in [1.807, 2.05) is 24.3 Å². The molecule has 1 aromatic heterocycles. The van der Waals surface area contributed by atoms with E-state index in [4.69, 9.17) is 4.74 Å². The fourth-order valence-corrected chi connectivity index (χ4v) is 3.48. The van der Waals surface area contributed by atoms with Crippen molar-refractivity contribution in [2.45, 2.75) is 24.0 Å². The second-order valence-electron chi connectivity index (χ2n) is 5.88. The first-order valence-corrected chi connectivity index (χ1v) is 9.09. The first-order chi connectivity index (χ1) is 12.2. The number of benzene rings is 2. The second-order valence-corrected chi connectivity index (χ2v) is 6.77. The van der Waals surface area contributed by atoms with Gasteiger partial charge in [0.2, 0.25) is 0 Å². The molecule has 0 N–H and O–H groups in total. The number of aromatic nitrogens is 2. The minimum absolute atomic E-state index is 0.0232. The van der Waals surface area contributed by atoms with Gasteiger partial charge >= 0.3 is 5.97 Å². The molecule has 1 fully saturated rings. The van der Waals surface area contributed by atoms with Crippen LogP contribution in [0.15, 0.2) is 64.5 Å². The molecule has 0 saturated heterocycles. The van der Waals surface area contributed by atoms with Crippen molar-refractivity contribution in [2.75, 3.05) is 5.94 Å². The van der Waals surface area contributed by atoms with Crippen LogP contribution in [0, 0.1) is 0 Å². The average Bonchev–Trinajstić information content (AvgIpc) is 3.47. The van der Waals surface area contributed by atoms with Crippen LogP contribution in [-0.2, 0) is 4.74 Å². The summed E-state index contributed by atoms with van der Waals surface area (Å²) in [7, 11) is 0. The van der Waals surface area contributed by atoms with Gasteiger partial charge in [-0.05, 0) is 48.9 Å². The van der Waals surface area contributed by atoms with E-state index < -0.39 is 0 Å². The molecule has 4 rings (SSSR count). The molecule has 126 valence electrons. The summed E-state index contributed by atoms with van der Waals surface area (Å²) in [5, 5.41) is 1.23. The van der Waals surface area contributed by atoms with Crippen molar-refractivity contribution in [3.8, 4) is 0 Å². The van der Waals surface area contributed by atoms with Crippen LogP contribution in [0.3, 0.4) is 0 Å². The fraction of sp³-hybridized carbons (Fsp3) is 0.211. The molecule has 3 aromatic rings. The summed E-state index contributed by atoms with van der Waals surface area (Å²) in [6, 6.07) is 16.4. The summed E-state index contributed by atoms with van der Waals surface area (Å²) < 4.78 is 7.05. The molecule has 5 nitrogen and oxygen atoms in total. The Kier molecular flexibility index (Phi) is 4.28. The summed E-state index contributed by atoms with van der Waals surface area (Å²) in [6.45, 7) is 0. The van der Waals surface area contributed by atoms with Crippen LogP contribution in [0.4, 0.5) is 0 Å². The zero-order chi connectivity index (χ0) is 17.2. The molecule has 0 unspecified atom stereocenters. The van der Waals surface area contributed by atoms with Gasteiger partial charge in [0.05, 0.1) is 16.5 Å². The number of ether oxygens (including phenoxy) is 1. The molecule has 0 atom stereocenters. The highest BCUT2D eigenvalue weighted by Crippen LogP contribution is 2.36. The van der Waals surface area contributed by atoms with Gasteiger partial charge in [0.1, 0.15) is 5.94 Å². The summed E-state index contributed by atoms with van der Waals surface area (Å²) in [5.74, 6) is -0.264. The van der Waals surface area contributed by atoms with Crippen LogP contribution >= 0.6 is 11.8 Å². The predicted molar refractivity (Wildman–Crippen MR) is 96.9 cm³/mol. The molecule has 2 aromatic carbocycles. The van der Waals surface area contributed by atoms with Crippen LogP contribution in [0.1, 0.15) is 29.2 Å². The van der Waals surface area contributed by atoms with Crippen molar-refractivity contribution in [1.82, 2.24) is 9.55 Å². The highest BCUT2D eigenvalue weighted by Gasteiger charge is 2.28. The van der Waals surface area contributed by atoms with Gasteiger partial charge in [-0.3, -0.25) is 9.36 Å². The third-order valence-electron chi connectivity index (χ3n) is 4.07. The van der Waals surface area contributed by atoms with Crippen molar-refractivity contribution >= 4 is 28.6 Å². The van der Waals surface area contributed by atoms with Gasteiger partial charge < -0.3 is 4.74 Å². The molecule has 1 aliphatic carbocycles. The smallest absolute Gasteiger partial charge is 0.338 e. The minimum atomic E-state index is -0.380. The second kappa shape index (κ2) is 6.72.